The zero-order chi connectivity index (χ0) is 11.2. The molecule has 0 aromatic rings. The van der Waals surface area contributed by atoms with E-state index in [1.54, 1.807) is 22.3 Å². The third kappa shape index (κ3) is 1.68. The molecule has 0 spiro atoms. The van der Waals surface area contributed by atoms with E-state index in [-0.39, 0.29) is 0 Å². The van der Waals surface area contributed by atoms with Gasteiger partial charge in [0.1, 0.15) is 0 Å². The highest BCUT2D eigenvalue weighted by molar-refractivity contribution is 5.42. The van der Waals surface area contributed by atoms with Crippen LogP contribution in [0.15, 0.2) is 22.3 Å². The average Bonchev–Trinajstić information content (AvgIpc) is 2.23. The Morgan fingerprint density at radius 1 is 0.800 bits per heavy atom. The average molecular weight is 204 g/mol. The molecule has 2 aliphatic carbocycles. The van der Waals surface area contributed by atoms with E-state index in [1.165, 1.54) is 19.3 Å². The number of hydrogen-bond acceptors (Lipinski definition) is 0. The van der Waals surface area contributed by atoms with Crippen molar-refractivity contribution in [3.63, 3.8) is 0 Å². The number of hydrogen-bond donors (Lipinski definition) is 0. The van der Waals surface area contributed by atoms with Crippen LogP contribution in [-0.2, 0) is 0 Å². The summed E-state index contributed by atoms with van der Waals surface area (Å²) in [5.41, 5.74) is 6.50. The van der Waals surface area contributed by atoms with Crippen molar-refractivity contribution in [2.45, 2.75) is 53.9 Å². The molecular formula is C15H24. The van der Waals surface area contributed by atoms with Crippen LogP contribution in [0.4, 0.5) is 0 Å². The van der Waals surface area contributed by atoms with Gasteiger partial charge in [0.2, 0.25) is 0 Å². The SMILES string of the molecule is CC1=C(C)C2CCC(C)CC2C(C)=C1C. The zero-order valence-corrected chi connectivity index (χ0v) is 10.9. The van der Waals surface area contributed by atoms with Crippen molar-refractivity contribution < 1.29 is 0 Å². The first-order valence-corrected chi connectivity index (χ1v) is 6.37. The zero-order valence-electron chi connectivity index (χ0n) is 10.9. The van der Waals surface area contributed by atoms with Crippen LogP contribution < -0.4 is 0 Å². The largest absolute Gasteiger partial charge is 0.0664 e. The van der Waals surface area contributed by atoms with Gasteiger partial charge in [0.15, 0.2) is 0 Å². The highest BCUT2D eigenvalue weighted by Gasteiger charge is 2.34. The summed E-state index contributed by atoms with van der Waals surface area (Å²) in [7, 11) is 0. The molecule has 15 heavy (non-hydrogen) atoms. The molecule has 1 fully saturated rings. The van der Waals surface area contributed by atoms with Crippen LogP contribution in [0.3, 0.4) is 0 Å². The van der Waals surface area contributed by atoms with Gasteiger partial charge in [-0.25, -0.2) is 0 Å². The molecule has 0 aromatic carbocycles. The molecule has 0 radical (unpaired) electrons. The second-order valence-corrected chi connectivity index (χ2v) is 5.75. The van der Waals surface area contributed by atoms with Crippen LogP contribution in [0.5, 0.6) is 0 Å². The molecule has 0 heterocycles. The number of fused-ring (bicyclic) bond motifs is 1. The van der Waals surface area contributed by atoms with Crippen molar-refractivity contribution >= 4 is 0 Å². The first-order valence-electron chi connectivity index (χ1n) is 6.37. The molecule has 1 saturated carbocycles. The van der Waals surface area contributed by atoms with Crippen molar-refractivity contribution in [3.05, 3.63) is 22.3 Å². The van der Waals surface area contributed by atoms with Crippen molar-refractivity contribution in [1.82, 2.24) is 0 Å². The van der Waals surface area contributed by atoms with Gasteiger partial charge in [-0.15, -0.1) is 0 Å². The van der Waals surface area contributed by atoms with E-state index in [2.05, 4.69) is 34.6 Å². The fraction of sp³-hybridized carbons (Fsp3) is 0.733. The maximum atomic E-state index is 2.42. The maximum Gasteiger partial charge on any atom is -0.0132 e. The van der Waals surface area contributed by atoms with Gasteiger partial charge in [-0.3, -0.25) is 0 Å². The molecule has 0 bridgehead atoms. The van der Waals surface area contributed by atoms with Gasteiger partial charge in [-0.1, -0.05) is 24.5 Å². The summed E-state index contributed by atoms with van der Waals surface area (Å²) >= 11 is 0. The van der Waals surface area contributed by atoms with E-state index in [1.807, 2.05) is 0 Å². The molecule has 0 aromatic heterocycles. The fourth-order valence-corrected chi connectivity index (χ4v) is 3.53. The minimum absolute atomic E-state index is 0.859. The minimum atomic E-state index is 0.859. The maximum absolute atomic E-state index is 2.42. The third-order valence-corrected chi connectivity index (χ3v) is 4.97. The molecular weight excluding hydrogens is 180 g/mol. The molecule has 84 valence electrons. The van der Waals surface area contributed by atoms with Crippen molar-refractivity contribution in [2.75, 3.05) is 0 Å². The molecule has 3 atom stereocenters. The summed E-state index contributed by atoms with van der Waals surface area (Å²) in [6.45, 7) is 11.8. The number of allylic oxidation sites excluding steroid dienone is 4. The molecule has 2 aliphatic rings. The van der Waals surface area contributed by atoms with Gasteiger partial charge in [0.25, 0.3) is 0 Å². The highest BCUT2D eigenvalue weighted by atomic mass is 14.4. The normalized spacial score (nSPS) is 37.0. The van der Waals surface area contributed by atoms with Crippen molar-refractivity contribution in [1.29, 1.82) is 0 Å². The molecule has 0 heteroatoms. The minimum Gasteiger partial charge on any atom is -0.0664 e. The summed E-state index contributed by atoms with van der Waals surface area (Å²) in [5.74, 6) is 2.66. The van der Waals surface area contributed by atoms with E-state index < -0.39 is 0 Å². The summed E-state index contributed by atoms with van der Waals surface area (Å²) < 4.78 is 0. The second-order valence-electron chi connectivity index (χ2n) is 5.75. The Hall–Kier alpha value is -0.520. The Kier molecular flexibility index (Phi) is 2.79. The molecule has 2 rings (SSSR count). The highest BCUT2D eigenvalue weighted by Crippen LogP contribution is 2.47. The van der Waals surface area contributed by atoms with Gasteiger partial charge in [0.05, 0.1) is 0 Å². The lowest BCUT2D eigenvalue weighted by Gasteiger charge is -2.41. The van der Waals surface area contributed by atoms with Crippen LogP contribution in [0.1, 0.15) is 53.9 Å². The number of rotatable bonds is 0. The lowest BCUT2D eigenvalue weighted by atomic mass is 9.64. The van der Waals surface area contributed by atoms with Crippen LogP contribution in [0.2, 0.25) is 0 Å². The predicted octanol–water partition coefficient (Wildman–Crippen LogP) is 4.73. The Labute approximate surface area is 94.5 Å². The van der Waals surface area contributed by atoms with E-state index in [0.717, 1.165) is 17.8 Å². The standard InChI is InChI=1S/C15H24/c1-9-6-7-14-12(4)10(2)11(3)13(5)15(14)8-9/h9,14-15H,6-8H2,1-5H3. The lowest BCUT2D eigenvalue weighted by Crippen LogP contribution is -2.29. The fourth-order valence-electron chi connectivity index (χ4n) is 3.53. The van der Waals surface area contributed by atoms with Crippen LogP contribution >= 0.6 is 0 Å². The first kappa shape index (κ1) is 11.0. The topological polar surface area (TPSA) is 0 Å². The van der Waals surface area contributed by atoms with Gasteiger partial charge in [-0.05, 0) is 69.4 Å². The lowest BCUT2D eigenvalue weighted by molar-refractivity contribution is 0.240. The first-order chi connectivity index (χ1) is 7.02. The molecule has 0 aliphatic heterocycles. The van der Waals surface area contributed by atoms with E-state index in [4.69, 9.17) is 0 Å². The quantitative estimate of drug-likeness (QED) is 0.535. The predicted molar refractivity (Wildman–Crippen MR) is 66.7 cm³/mol. The van der Waals surface area contributed by atoms with Crippen LogP contribution in [0.25, 0.3) is 0 Å². The third-order valence-electron chi connectivity index (χ3n) is 4.97. The summed E-state index contributed by atoms with van der Waals surface area (Å²) in [4.78, 5) is 0. The van der Waals surface area contributed by atoms with Crippen LogP contribution in [-0.4, -0.2) is 0 Å². The smallest absolute Gasteiger partial charge is 0.0132 e. The second kappa shape index (κ2) is 3.81. The van der Waals surface area contributed by atoms with Gasteiger partial charge >= 0.3 is 0 Å². The molecule has 0 N–H and O–H groups in total. The monoisotopic (exact) mass is 204 g/mol. The molecule has 0 amide bonds. The van der Waals surface area contributed by atoms with Gasteiger partial charge in [0, 0.05) is 0 Å². The van der Waals surface area contributed by atoms with Gasteiger partial charge in [-0.2, -0.15) is 0 Å². The summed E-state index contributed by atoms with van der Waals surface area (Å²) in [5, 5.41) is 0. The summed E-state index contributed by atoms with van der Waals surface area (Å²) in [6.07, 6.45) is 4.26. The Morgan fingerprint density at radius 3 is 1.93 bits per heavy atom. The molecule has 3 unspecified atom stereocenters. The van der Waals surface area contributed by atoms with Crippen molar-refractivity contribution in [3.8, 4) is 0 Å². The molecule has 0 nitrogen and oxygen atoms in total. The van der Waals surface area contributed by atoms with Crippen LogP contribution in [0, 0.1) is 17.8 Å². The molecule has 0 saturated heterocycles. The van der Waals surface area contributed by atoms with E-state index >= 15 is 0 Å². The van der Waals surface area contributed by atoms with E-state index in [0.29, 0.717) is 0 Å². The Morgan fingerprint density at radius 2 is 1.33 bits per heavy atom. The van der Waals surface area contributed by atoms with Gasteiger partial charge < -0.3 is 0 Å². The van der Waals surface area contributed by atoms with Crippen molar-refractivity contribution in [2.24, 2.45) is 17.8 Å². The summed E-state index contributed by atoms with van der Waals surface area (Å²) in [6, 6.07) is 0. The Bertz CT molecular complexity index is 330. The van der Waals surface area contributed by atoms with E-state index in [9.17, 15) is 0 Å². The Balaban J connectivity index is 2.37.